The van der Waals surface area contributed by atoms with Crippen molar-refractivity contribution in [3.05, 3.63) is 18.0 Å². The van der Waals surface area contributed by atoms with Crippen LogP contribution in [-0.2, 0) is 16.6 Å². The van der Waals surface area contributed by atoms with Gasteiger partial charge in [0.15, 0.2) is 0 Å². The van der Waals surface area contributed by atoms with Gasteiger partial charge in [0.2, 0.25) is 10.0 Å². The summed E-state index contributed by atoms with van der Waals surface area (Å²) in [6.45, 7) is 2.49. The summed E-state index contributed by atoms with van der Waals surface area (Å²) in [5, 5.41) is 4.34. The molecule has 0 aromatic carbocycles. The lowest BCUT2D eigenvalue weighted by Crippen LogP contribution is -2.43. The summed E-state index contributed by atoms with van der Waals surface area (Å²) >= 11 is 0. The molecule has 2 saturated carbocycles. The zero-order valence-electron chi connectivity index (χ0n) is 13.5. The van der Waals surface area contributed by atoms with Gasteiger partial charge in [-0.25, -0.2) is 13.1 Å². The third-order valence-electron chi connectivity index (χ3n) is 5.49. The van der Waals surface area contributed by atoms with E-state index in [1.54, 1.807) is 0 Å². The summed E-state index contributed by atoms with van der Waals surface area (Å²) in [6, 6.07) is 3.07. The molecule has 1 atom stereocenters. The first-order chi connectivity index (χ1) is 11.1. The summed E-state index contributed by atoms with van der Waals surface area (Å²) in [4.78, 5) is 2.59. The molecule has 0 bridgehead atoms. The number of sulfonamides is 1. The molecule has 7 heteroatoms. The highest BCUT2D eigenvalue weighted by atomic mass is 32.2. The van der Waals surface area contributed by atoms with E-state index in [9.17, 15) is 8.42 Å². The second-order valence-corrected chi connectivity index (χ2v) is 9.26. The quantitative estimate of drug-likeness (QED) is 0.856. The molecule has 1 aromatic rings. The molecular weight excluding hydrogens is 312 g/mol. The highest BCUT2D eigenvalue weighted by molar-refractivity contribution is 7.90. The van der Waals surface area contributed by atoms with Gasteiger partial charge in [-0.1, -0.05) is 12.8 Å². The van der Waals surface area contributed by atoms with Crippen molar-refractivity contribution in [3.63, 3.8) is 0 Å². The van der Waals surface area contributed by atoms with Gasteiger partial charge in [0.05, 0.1) is 17.0 Å². The van der Waals surface area contributed by atoms with Crippen molar-refractivity contribution >= 4 is 10.0 Å². The number of nitrogens with one attached hydrogen (secondary N) is 1. The molecule has 1 aromatic heterocycles. The Morgan fingerprint density at radius 1 is 1.22 bits per heavy atom. The standard InChI is InChI=1S/C16H26N4O2S/c21-23(22,16-5-6-16)18-10-8-15-12-19(13-3-1-2-4-13)11-14-7-9-17-20(14)15/h7,9,13,15-16,18H,1-6,8,10-12H2/t15-/m1/s1. The number of hydrogen-bond donors (Lipinski definition) is 1. The average Bonchev–Trinajstić information content (AvgIpc) is 3.07. The van der Waals surface area contributed by atoms with Crippen LogP contribution in [0, 0.1) is 0 Å². The van der Waals surface area contributed by atoms with E-state index in [0.29, 0.717) is 12.6 Å². The molecule has 0 unspecified atom stereocenters. The van der Waals surface area contributed by atoms with Gasteiger partial charge < -0.3 is 0 Å². The van der Waals surface area contributed by atoms with Crippen molar-refractivity contribution in [2.75, 3.05) is 13.1 Å². The SMILES string of the molecule is O=S(=O)(NCC[C@@H]1CN(C2CCCC2)Cc2ccnn21)C1CC1. The zero-order chi connectivity index (χ0) is 15.9. The van der Waals surface area contributed by atoms with E-state index in [4.69, 9.17) is 0 Å². The Morgan fingerprint density at radius 2 is 2.00 bits per heavy atom. The Labute approximate surface area is 138 Å². The first kappa shape index (κ1) is 15.6. The van der Waals surface area contributed by atoms with Crippen molar-refractivity contribution in [2.24, 2.45) is 0 Å². The molecule has 1 N–H and O–H groups in total. The van der Waals surface area contributed by atoms with Gasteiger partial charge in [0, 0.05) is 31.9 Å². The van der Waals surface area contributed by atoms with E-state index in [0.717, 1.165) is 32.4 Å². The molecule has 1 aliphatic heterocycles. The van der Waals surface area contributed by atoms with Crippen molar-refractivity contribution < 1.29 is 8.42 Å². The number of fused-ring (bicyclic) bond motifs is 1. The summed E-state index contributed by atoms with van der Waals surface area (Å²) in [7, 11) is -3.07. The fourth-order valence-corrected chi connectivity index (χ4v) is 5.44. The predicted molar refractivity (Wildman–Crippen MR) is 88.5 cm³/mol. The lowest BCUT2D eigenvalue weighted by Gasteiger charge is -2.37. The van der Waals surface area contributed by atoms with Crippen LogP contribution in [0.4, 0.5) is 0 Å². The van der Waals surface area contributed by atoms with Gasteiger partial charge in [-0.05, 0) is 38.2 Å². The molecule has 0 radical (unpaired) electrons. The predicted octanol–water partition coefficient (Wildman–Crippen LogP) is 1.65. The van der Waals surface area contributed by atoms with Gasteiger partial charge in [-0.15, -0.1) is 0 Å². The normalized spacial score (nSPS) is 26.5. The lowest BCUT2D eigenvalue weighted by atomic mass is 10.1. The molecule has 0 spiro atoms. The van der Waals surface area contributed by atoms with E-state index < -0.39 is 10.0 Å². The van der Waals surface area contributed by atoms with Crippen LogP contribution in [0.1, 0.15) is 56.7 Å². The van der Waals surface area contributed by atoms with Gasteiger partial charge in [0.1, 0.15) is 0 Å². The Kier molecular flexibility index (Phi) is 4.19. The van der Waals surface area contributed by atoms with E-state index in [-0.39, 0.29) is 11.3 Å². The molecule has 2 fully saturated rings. The fraction of sp³-hybridized carbons (Fsp3) is 0.812. The molecule has 3 aliphatic rings. The van der Waals surface area contributed by atoms with Crippen molar-refractivity contribution in [1.82, 2.24) is 19.4 Å². The maximum Gasteiger partial charge on any atom is 0.214 e. The summed E-state index contributed by atoms with van der Waals surface area (Å²) in [5.74, 6) is 0. The molecule has 128 valence electrons. The Morgan fingerprint density at radius 3 is 2.74 bits per heavy atom. The van der Waals surface area contributed by atoms with Crippen LogP contribution in [0.3, 0.4) is 0 Å². The van der Waals surface area contributed by atoms with Gasteiger partial charge in [-0.2, -0.15) is 5.10 Å². The van der Waals surface area contributed by atoms with Crippen LogP contribution in [0.25, 0.3) is 0 Å². The van der Waals surface area contributed by atoms with E-state index >= 15 is 0 Å². The number of rotatable bonds is 6. The zero-order valence-corrected chi connectivity index (χ0v) is 14.3. The Bertz CT molecular complexity index is 647. The second-order valence-electron chi connectivity index (χ2n) is 7.22. The molecule has 6 nitrogen and oxygen atoms in total. The molecule has 23 heavy (non-hydrogen) atoms. The number of hydrogen-bond acceptors (Lipinski definition) is 4. The average molecular weight is 338 g/mol. The lowest BCUT2D eigenvalue weighted by molar-refractivity contribution is 0.120. The van der Waals surface area contributed by atoms with Gasteiger partial charge in [-0.3, -0.25) is 9.58 Å². The van der Waals surface area contributed by atoms with E-state index in [1.807, 2.05) is 6.20 Å². The van der Waals surface area contributed by atoms with Crippen LogP contribution in [0.5, 0.6) is 0 Å². The molecule has 2 aliphatic carbocycles. The second kappa shape index (κ2) is 6.18. The van der Waals surface area contributed by atoms with Gasteiger partial charge in [0.25, 0.3) is 0 Å². The minimum Gasteiger partial charge on any atom is -0.292 e. The number of aromatic nitrogens is 2. The molecule has 2 heterocycles. The first-order valence-electron chi connectivity index (χ1n) is 8.88. The van der Waals surface area contributed by atoms with E-state index in [1.165, 1.54) is 31.4 Å². The van der Waals surface area contributed by atoms with Gasteiger partial charge >= 0.3 is 0 Å². The summed E-state index contributed by atoms with van der Waals surface area (Å²) in [6.07, 6.45) is 9.59. The molecule has 0 saturated heterocycles. The van der Waals surface area contributed by atoms with Crippen LogP contribution in [0.15, 0.2) is 12.3 Å². The third kappa shape index (κ3) is 3.32. The van der Waals surface area contributed by atoms with Crippen LogP contribution >= 0.6 is 0 Å². The summed E-state index contributed by atoms with van der Waals surface area (Å²) in [5.41, 5.74) is 1.26. The smallest absolute Gasteiger partial charge is 0.214 e. The molecular formula is C16H26N4O2S. The Balaban J connectivity index is 1.40. The van der Waals surface area contributed by atoms with Crippen LogP contribution in [0.2, 0.25) is 0 Å². The van der Waals surface area contributed by atoms with Crippen molar-refractivity contribution in [3.8, 4) is 0 Å². The fourth-order valence-electron chi connectivity index (χ4n) is 4.04. The number of nitrogens with zero attached hydrogens (tertiary/aromatic N) is 3. The van der Waals surface area contributed by atoms with Crippen molar-refractivity contribution in [2.45, 2.75) is 68.8 Å². The topological polar surface area (TPSA) is 67.2 Å². The maximum atomic E-state index is 12.0. The highest BCUT2D eigenvalue weighted by Gasteiger charge is 2.36. The van der Waals surface area contributed by atoms with Crippen LogP contribution in [-0.4, -0.2) is 47.5 Å². The molecule has 4 rings (SSSR count). The largest absolute Gasteiger partial charge is 0.292 e. The first-order valence-corrected chi connectivity index (χ1v) is 10.4. The maximum absolute atomic E-state index is 12.0. The van der Waals surface area contributed by atoms with E-state index in [2.05, 4.69) is 25.5 Å². The Hall–Kier alpha value is -0.920. The highest BCUT2D eigenvalue weighted by Crippen LogP contribution is 2.31. The monoisotopic (exact) mass is 338 g/mol. The van der Waals surface area contributed by atoms with Crippen LogP contribution < -0.4 is 4.72 Å². The minimum atomic E-state index is -3.07. The van der Waals surface area contributed by atoms with Crippen molar-refractivity contribution in [1.29, 1.82) is 0 Å². The minimum absolute atomic E-state index is 0.135. The summed E-state index contributed by atoms with van der Waals surface area (Å²) < 4.78 is 28.8. The molecule has 0 amide bonds. The third-order valence-corrected chi connectivity index (χ3v) is 7.45.